The van der Waals surface area contributed by atoms with Crippen molar-refractivity contribution >= 4 is 51.4 Å². The molecule has 0 atom stereocenters. The number of morpholine rings is 1. The minimum absolute atomic E-state index is 0.0585. The molecule has 202 valence electrons. The third-order valence-electron chi connectivity index (χ3n) is 7.11. The largest absolute Gasteiger partial charge is 0.378 e. The maximum Gasteiger partial charge on any atom is 0.266 e. The summed E-state index contributed by atoms with van der Waals surface area (Å²) in [6, 6.07) is 27.9. The van der Waals surface area contributed by atoms with Crippen molar-refractivity contribution in [3.8, 4) is 0 Å². The van der Waals surface area contributed by atoms with Crippen LogP contribution in [0.5, 0.6) is 0 Å². The number of ether oxygens (including phenoxy) is 1. The number of hydrogen-bond acceptors (Lipinski definition) is 5. The highest BCUT2D eigenvalue weighted by Crippen LogP contribution is 2.36. The number of aliphatic imine (C=N–C) groups is 1. The zero-order valence-electron chi connectivity index (χ0n) is 22.1. The van der Waals surface area contributed by atoms with Gasteiger partial charge in [0, 0.05) is 42.3 Å². The van der Waals surface area contributed by atoms with E-state index in [1.165, 1.54) is 17.3 Å². The molecule has 3 aromatic carbocycles. The van der Waals surface area contributed by atoms with E-state index in [-0.39, 0.29) is 18.4 Å². The van der Waals surface area contributed by atoms with Gasteiger partial charge in [0.05, 0.1) is 23.8 Å². The van der Waals surface area contributed by atoms with Crippen LogP contribution in [0, 0.1) is 0 Å². The van der Waals surface area contributed by atoms with Crippen LogP contribution in [0.4, 0.5) is 5.69 Å². The third kappa shape index (κ3) is 5.73. The Morgan fingerprint density at radius 2 is 1.62 bits per heavy atom. The predicted octanol–water partition coefficient (Wildman–Crippen LogP) is 5.35. The topological polar surface area (TPSA) is 67.1 Å². The number of thioether (sulfide) groups is 1. The molecule has 2 fully saturated rings. The molecule has 1 aromatic heterocycles. The summed E-state index contributed by atoms with van der Waals surface area (Å²) in [6.45, 7) is 3.15. The zero-order valence-corrected chi connectivity index (χ0v) is 22.9. The van der Waals surface area contributed by atoms with Gasteiger partial charge in [-0.15, -0.1) is 0 Å². The Bertz CT molecular complexity index is 1570. The number of carbonyl (C=O) groups excluding carboxylic acids is 2. The number of fused-ring (bicyclic) bond motifs is 1. The molecule has 6 rings (SSSR count). The summed E-state index contributed by atoms with van der Waals surface area (Å²) >= 11 is 1.40. The third-order valence-corrected chi connectivity index (χ3v) is 8.12. The Balaban J connectivity index is 1.31. The number of carbonyl (C=O) groups is 2. The van der Waals surface area contributed by atoms with E-state index in [1.807, 2.05) is 94.5 Å². The maximum absolute atomic E-state index is 13.7. The Morgan fingerprint density at radius 1 is 0.925 bits per heavy atom. The molecule has 8 heteroatoms. The molecular weight excluding hydrogens is 520 g/mol. The number of nitrogens with zero attached hydrogens (tertiary/aromatic N) is 4. The average molecular weight is 551 g/mol. The molecule has 0 aliphatic carbocycles. The molecule has 4 aromatic rings. The number of amides is 2. The Kier molecular flexibility index (Phi) is 7.79. The van der Waals surface area contributed by atoms with Crippen molar-refractivity contribution in [2.24, 2.45) is 4.99 Å². The van der Waals surface area contributed by atoms with Crippen molar-refractivity contribution in [2.45, 2.75) is 13.0 Å². The number of para-hydroxylation sites is 2. The molecule has 2 saturated heterocycles. The molecule has 0 saturated carbocycles. The average Bonchev–Trinajstić information content (AvgIpc) is 3.49. The second-order valence-electron chi connectivity index (χ2n) is 9.76. The van der Waals surface area contributed by atoms with Crippen LogP contribution in [0.2, 0.25) is 0 Å². The van der Waals surface area contributed by atoms with Gasteiger partial charge in [-0.05, 0) is 48.0 Å². The fourth-order valence-electron chi connectivity index (χ4n) is 5.01. The van der Waals surface area contributed by atoms with E-state index >= 15 is 0 Å². The Hall–Kier alpha value is -4.14. The Morgan fingerprint density at radius 3 is 2.40 bits per heavy atom. The quantitative estimate of drug-likeness (QED) is 0.291. The smallest absolute Gasteiger partial charge is 0.266 e. The first-order valence-corrected chi connectivity index (χ1v) is 14.3. The maximum atomic E-state index is 13.7. The molecule has 0 spiro atoms. The van der Waals surface area contributed by atoms with Crippen LogP contribution in [0.1, 0.15) is 11.1 Å². The summed E-state index contributed by atoms with van der Waals surface area (Å²) in [5, 5.41) is 1.67. The van der Waals surface area contributed by atoms with Gasteiger partial charge in [0.1, 0.15) is 6.54 Å². The lowest BCUT2D eigenvalue weighted by Crippen LogP contribution is -2.42. The SMILES string of the molecule is O=C(Cn1cc(/C=C2\SC(=Nc3ccccc3)N(CCc3ccccc3)C2=O)c2ccccc21)N1CCOCC1. The summed E-state index contributed by atoms with van der Waals surface area (Å²) < 4.78 is 7.38. The summed E-state index contributed by atoms with van der Waals surface area (Å²) in [4.78, 5) is 35.8. The van der Waals surface area contributed by atoms with Crippen LogP contribution in [-0.2, 0) is 27.3 Å². The van der Waals surface area contributed by atoms with Gasteiger partial charge < -0.3 is 14.2 Å². The van der Waals surface area contributed by atoms with Crippen LogP contribution in [0.25, 0.3) is 17.0 Å². The molecular formula is C32H30N4O3S. The highest BCUT2D eigenvalue weighted by atomic mass is 32.2. The molecule has 2 amide bonds. The van der Waals surface area contributed by atoms with E-state index in [0.29, 0.717) is 42.9 Å². The van der Waals surface area contributed by atoms with Gasteiger partial charge >= 0.3 is 0 Å². The summed E-state index contributed by atoms with van der Waals surface area (Å²) in [5.41, 5.74) is 3.85. The molecule has 7 nitrogen and oxygen atoms in total. The van der Waals surface area contributed by atoms with Crippen molar-refractivity contribution < 1.29 is 14.3 Å². The standard InChI is InChI=1S/C32H30N4O3S/c37-30(34-17-19-39-20-18-34)23-35-22-25(27-13-7-8-14-28(27)35)21-29-31(38)36(16-15-24-9-3-1-4-10-24)32(40-29)33-26-11-5-2-6-12-26/h1-14,21-22H,15-20,23H2/b29-21-,33-32?. The van der Waals surface area contributed by atoms with Crippen molar-refractivity contribution in [2.75, 3.05) is 32.8 Å². The van der Waals surface area contributed by atoms with Gasteiger partial charge in [-0.3, -0.25) is 14.5 Å². The second-order valence-corrected chi connectivity index (χ2v) is 10.8. The first kappa shape index (κ1) is 26.1. The van der Waals surface area contributed by atoms with E-state index < -0.39 is 0 Å². The van der Waals surface area contributed by atoms with Crippen molar-refractivity contribution in [3.63, 3.8) is 0 Å². The van der Waals surface area contributed by atoms with Crippen LogP contribution in [0.15, 0.2) is 101 Å². The monoisotopic (exact) mass is 550 g/mol. The minimum Gasteiger partial charge on any atom is -0.378 e. The lowest BCUT2D eigenvalue weighted by molar-refractivity contribution is -0.135. The molecule has 40 heavy (non-hydrogen) atoms. The van der Waals surface area contributed by atoms with Crippen molar-refractivity contribution in [1.82, 2.24) is 14.4 Å². The first-order chi connectivity index (χ1) is 19.7. The number of benzene rings is 3. The molecule has 0 N–H and O–H groups in total. The molecule has 0 unspecified atom stereocenters. The number of rotatable bonds is 7. The van der Waals surface area contributed by atoms with Crippen molar-refractivity contribution in [3.05, 3.63) is 107 Å². The number of amidine groups is 1. The molecule has 2 aliphatic heterocycles. The van der Waals surface area contributed by atoms with Gasteiger partial charge in [0.2, 0.25) is 5.91 Å². The highest BCUT2D eigenvalue weighted by Gasteiger charge is 2.33. The second kappa shape index (κ2) is 11.9. The minimum atomic E-state index is -0.0585. The van der Waals surface area contributed by atoms with E-state index in [9.17, 15) is 9.59 Å². The first-order valence-electron chi connectivity index (χ1n) is 13.5. The molecule has 0 bridgehead atoms. The predicted molar refractivity (Wildman–Crippen MR) is 160 cm³/mol. The fraction of sp³-hybridized carbons (Fsp3) is 0.219. The van der Waals surface area contributed by atoms with Crippen LogP contribution < -0.4 is 0 Å². The summed E-state index contributed by atoms with van der Waals surface area (Å²) in [6.07, 6.45) is 4.65. The van der Waals surface area contributed by atoms with Crippen molar-refractivity contribution in [1.29, 1.82) is 0 Å². The lowest BCUT2D eigenvalue weighted by Gasteiger charge is -2.27. The van der Waals surface area contributed by atoms with E-state index in [0.717, 1.165) is 28.6 Å². The van der Waals surface area contributed by atoms with Crippen LogP contribution in [0.3, 0.4) is 0 Å². The lowest BCUT2D eigenvalue weighted by atomic mass is 10.1. The number of hydrogen-bond donors (Lipinski definition) is 0. The molecule has 0 radical (unpaired) electrons. The fourth-order valence-corrected chi connectivity index (χ4v) is 6.02. The zero-order chi connectivity index (χ0) is 27.3. The van der Waals surface area contributed by atoms with Gasteiger partial charge in [-0.1, -0.05) is 66.7 Å². The molecule has 3 heterocycles. The Labute approximate surface area is 237 Å². The van der Waals surface area contributed by atoms with E-state index in [1.54, 1.807) is 4.90 Å². The van der Waals surface area contributed by atoms with Gasteiger partial charge in [0.25, 0.3) is 5.91 Å². The number of aromatic nitrogens is 1. The highest BCUT2D eigenvalue weighted by molar-refractivity contribution is 8.18. The van der Waals surface area contributed by atoms with Gasteiger partial charge in [-0.25, -0.2) is 4.99 Å². The van der Waals surface area contributed by atoms with Crippen LogP contribution in [-0.4, -0.2) is 64.2 Å². The van der Waals surface area contributed by atoms with E-state index in [2.05, 4.69) is 12.1 Å². The van der Waals surface area contributed by atoms with Gasteiger partial charge in [-0.2, -0.15) is 0 Å². The molecule has 2 aliphatic rings. The van der Waals surface area contributed by atoms with Gasteiger partial charge in [0.15, 0.2) is 5.17 Å². The normalized spacial score (nSPS) is 17.9. The summed E-state index contributed by atoms with van der Waals surface area (Å²) in [5.74, 6) is 0.00998. The van der Waals surface area contributed by atoms with Crippen LogP contribution >= 0.6 is 11.8 Å². The summed E-state index contributed by atoms with van der Waals surface area (Å²) in [7, 11) is 0. The van der Waals surface area contributed by atoms with E-state index in [4.69, 9.17) is 9.73 Å².